The molecular weight excluding hydrogens is 178 g/mol. The molecule has 1 N–H and O–H groups in total. The molecule has 14 heavy (non-hydrogen) atoms. The lowest BCUT2D eigenvalue weighted by atomic mass is 9.81. The summed E-state index contributed by atoms with van der Waals surface area (Å²) in [5.74, 6) is -0.0144. The average Bonchev–Trinajstić information content (AvgIpc) is 2.48. The highest BCUT2D eigenvalue weighted by molar-refractivity contribution is 6.16. The van der Waals surface area contributed by atoms with E-state index >= 15 is 0 Å². The van der Waals surface area contributed by atoms with Crippen LogP contribution in [0.3, 0.4) is 0 Å². The normalized spacial score (nSPS) is 48.1. The topological polar surface area (TPSA) is 46.2 Å². The van der Waals surface area contributed by atoms with Crippen LogP contribution >= 0.6 is 0 Å². The Labute approximate surface area is 83.2 Å². The smallest absolute Gasteiger partial charge is 0.234 e. The van der Waals surface area contributed by atoms with Crippen LogP contribution in [0.25, 0.3) is 0 Å². The third-order valence-electron chi connectivity index (χ3n) is 5.16. The van der Waals surface area contributed by atoms with E-state index in [9.17, 15) is 9.59 Å². The molecule has 1 aliphatic heterocycles. The first-order valence-electron chi connectivity index (χ1n) is 5.37. The number of piperidine rings is 1. The maximum absolute atomic E-state index is 11.9. The lowest BCUT2D eigenvalue weighted by molar-refractivity contribution is -0.131. The van der Waals surface area contributed by atoms with Crippen LogP contribution in [0.1, 0.15) is 39.5 Å². The molecule has 3 nitrogen and oxygen atoms in total. The van der Waals surface area contributed by atoms with Crippen molar-refractivity contribution in [3.63, 3.8) is 0 Å². The standard InChI is InChI=1S/C11H15NO2/c1-9(2)10-5-3-4-6-11(9,10)8(14)12-7(10)13/h3-6H2,1-2H3,(H,12,13,14). The summed E-state index contributed by atoms with van der Waals surface area (Å²) in [5, 5.41) is 2.52. The summed E-state index contributed by atoms with van der Waals surface area (Å²) < 4.78 is 0. The van der Waals surface area contributed by atoms with Crippen molar-refractivity contribution in [1.29, 1.82) is 0 Å². The van der Waals surface area contributed by atoms with E-state index in [0.717, 1.165) is 25.7 Å². The molecule has 1 saturated heterocycles. The minimum Gasteiger partial charge on any atom is -0.295 e. The first kappa shape index (κ1) is 8.45. The first-order valence-corrected chi connectivity index (χ1v) is 5.37. The van der Waals surface area contributed by atoms with Gasteiger partial charge in [-0.1, -0.05) is 26.7 Å². The molecule has 0 aromatic heterocycles. The van der Waals surface area contributed by atoms with Crippen LogP contribution in [-0.2, 0) is 9.59 Å². The van der Waals surface area contributed by atoms with Gasteiger partial charge in [0.15, 0.2) is 0 Å². The Hall–Kier alpha value is -0.860. The second-order valence-corrected chi connectivity index (χ2v) is 5.43. The zero-order valence-corrected chi connectivity index (χ0v) is 8.64. The van der Waals surface area contributed by atoms with Gasteiger partial charge in [0.1, 0.15) is 0 Å². The molecule has 2 aliphatic carbocycles. The fourth-order valence-electron chi connectivity index (χ4n) is 4.39. The van der Waals surface area contributed by atoms with Crippen molar-refractivity contribution >= 4 is 11.8 Å². The van der Waals surface area contributed by atoms with Crippen LogP contribution in [0, 0.1) is 16.2 Å². The van der Waals surface area contributed by atoms with Gasteiger partial charge >= 0.3 is 0 Å². The Morgan fingerprint density at radius 3 is 1.86 bits per heavy atom. The Morgan fingerprint density at radius 1 is 1.00 bits per heavy atom. The third-order valence-corrected chi connectivity index (χ3v) is 5.16. The van der Waals surface area contributed by atoms with Crippen LogP contribution in [0.15, 0.2) is 0 Å². The molecule has 3 fully saturated rings. The predicted octanol–water partition coefficient (Wildman–Crippen LogP) is 1.23. The van der Waals surface area contributed by atoms with Crippen molar-refractivity contribution in [2.24, 2.45) is 16.2 Å². The maximum Gasteiger partial charge on any atom is 0.234 e. The number of hydrogen-bond acceptors (Lipinski definition) is 2. The Morgan fingerprint density at radius 2 is 1.43 bits per heavy atom. The molecule has 3 heteroatoms. The second kappa shape index (κ2) is 1.90. The SMILES string of the molecule is CC1(C)C23CCCCC12C(=O)NC3=O. The minimum atomic E-state index is -0.338. The summed E-state index contributed by atoms with van der Waals surface area (Å²) in [5.41, 5.74) is -0.777. The van der Waals surface area contributed by atoms with Gasteiger partial charge in [-0.2, -0.15) is 0 Å². The van der Waals surface area contributed by atoms with Crippen LogP contribution < -0.4 is 5.32 Å². The number of carbonyl (C=O) groups excluding carboxylic acids is 2. The number of hydrogen-bond donors (Lipinski definition) is 1. The van der Waals surface area contributed by atoms with E-state index in [1.54, 1.807) is 0 Å². The summed E-state index contributed by atoms with van der Waals surface area (Å²) in [7, 11) is 0. The summed E-state index contributed by atoms with van der Waals surface area (Å²) in [6, 6.07) is 0. The largest absolute Gasteiger partial charge is 0.295 e. The van der Waals surface area contributed by atoms with Gasteiger partial charge in [-0.3, -0.25) is 14.9 Å². The number of amides is 2. The number of rotatable bonds is 0. The molecule has 2 saturated carbocycles. The van der Waals surface area contributed by atoms with E-state index in [-0.39, 0.29) is 28.1 Å². The highest BCUT2D eigenvalue weighted by Crippen LogP contribution is 2.85. The molecular formula is C11H15NO2. The van der Waals surface area contributed by atoms with Gasteiger partial charge in [0.25, 0.3) is 0 Å². The van der Waals surface area contributed by atoms with Crippen molar-refractivity contribution < 1.29 is 9.59 Å². The van der Waals surface area contributed by atoms with Crippen molar-refractivity contribution in [3.05, 3.63) is 0 Å². The first-order chi connectivity index (χ1) is 6.51. The second-order valence-electron chi connectivity index (χ2n) is 5.43. The van der Waals surface area contributed by atoms with E-state index in [1.807, 2.05) is 0 Å². The van der Waals surface area contributed by atoms with E-state index < -0.39 is 0 Å². The van der Waals surface area contributed by atoms with Gasteiger partial charge in [-0.05, 0) is 18.3 Å². The van der Waals surface area contributed by atoms with Gasteiger partial charge in [0.05, 0.1) is 10.8 Å². The summed E-state index contributed by atoms with van der Waals surface area (Å²) in [6.07, 6.45) is 3.98. The monoisotopic (exact) mass is 193 g/mol. The molecule has 0 spiro atoms. The molecule has 3 rings (SSSR count). The molecule has 2 amide bonds. The Bertz CT molecular complexity index is 328. The fourth-order valence-corrected chi connectivity index (χ4v) is 4.39. The molecule has 0 radical (unpaired) electrons. The molecule has 76 valence electrons. The van der Waals surface area contributed by atoms with E-state index in [4.69, 9.17) is 0 Å². The molecule has 0 bridgehead atoms. The lowest BCUT2D eigenvalue weighted by Gasteiger charge is -2.18. The van der Waals surface area contributed by atoms with Crippen LogP contribution in [0.2, 0.25) is 0 Å². The summed E-state index contributed by atoms with van der Waals surface area (Å²) in [6.45, 7) is 4.16. The van der Waals surface area contributed by atoms with Crippen LogP contribution in [-0.4, -0.2) is 11.8 Å². The molecule has 0 aromatic rings. The molecule has 2 unspecified atom stereocenters. The summed E-state index contributed by atoms with van der Waals surface area (Å²) >= 11 is 0. The number of imide groups is 1. The van der Waals surface area contributed by atoms with E-state index in [2.05, 4.69) is 19.2 Å². The quantitative estimate of drug-likeness (QED) is 0.588. The third kappa shape index (κ3) is 0.474. The van der Waals surface area contributed by atoms with Gasteiger partial charge in [0, 0.05) is 0 Å². The number of carbonyl (C=O) groups is 2. The van der Waals surface area contributed by atoms with Crippen molar-refractivity contribution in [1.82, 2.24) is 5.32 Å². The molecule has 1 heterocycles. The maximum atomic E-state index is 11.9. The van der Waals surface area contributed by atoms with Gasteiger partial charge in [-0.15, -0.1) is 0 Å². The van der Waals surface area contributed by atoms with Crippen molar-refractivity contribution in [2.75, 3.05) is 0 Å². The molecule has 3 aliphatic rings. The zero-order chi connectivity index (χ0) is 10.2. The molecule has 0 aromatic carbocycles. The minimum absolute atomic E-state index is 0.00722. The zero-order valence-electron chi connectivity index (χ0n) is 8.64. The van der Waals surface area contributed by atoms with Gasteiger partial charge in [-0.25, -0.2) is 0 Å². The van der Waals surface area contributed by atoms with E-state index in [0.29, 0.717) is 0 Å². The predicted molar refractivity (Wildman–Crippen MR) is 50.3 cm³/mol. The highest BCUT2D eigenvalue weighted by atomic mass is 16.2. The fraction of sp³-hybridized carbons (Fsp3) is 0.818. The van der Waals surface area contributed by atoms with Crippen molar-refractivity contribution in [2.45, 2.75) is 39.5 Å². The summed E-state index contributed by atoms with van der Waals surface area (Å²) in [4.78, 5) is 23.7. The lowest BCUT2D eigenvalue weighted by Crippen LogP contribution is -2.35. The van der Waals surface area contributed by atoms with Gasteiger partial charge < -0.3 is 0 Å². The molecule has 2 atom stereocenters. The van der Waals surface area contributed by atoms with Crippen molar-refractivity contribution in [3.8, 4) is 0 Å². The Kier molecular flexibility index (Phi) is 1.15. The highest BCUT2D eigenvalue weighted by Gasteiger charge is 2.91. The van der Waals surface area contributed by atoms with Gasteiger partial charge in [0.2, 0.25) is 11.8 Å². The Balaban J connectivity index is 2.20. The van der Waals surface area contributed by atoms with E-state index in [1.165, 1.54) is 0 Å². The van der Waals surface area contributed by atoms with Crippen LogP contribution in [0.5, 0.6) is 0 Å². The number of nitrogens with one attached hydrogen (secondary N) is 1. The average molecular weight is 193 g/mol. The van der Waals surface area contributed by atoms with Crippen LogP contribution in [0.4, 0.5) is 0 Å².